The minimum Gasteiger partial charge on any atom is -0.207 e. The zero-order valence-corrected chi connectivity index (χ0v) is 16.7. The van der Waals surface area contributed by atoms with E-state index in [9.17, 15) is 26.0 Å². The summed E-state index contributed by atoms with van der Waals surface area (Å²) in [5.74, 6) is -9.05. The molecule has 9 heteroatoms. The molecule has 0 bridgehead atoms. The lowest BCUT2D eigenvalue weighted by molar-refractivity contribution is -0.223. The van der Waals surface area contributed by atoms with Crippen molar-refractivity contribution in [3.8, 4) is 0 Å². The highest BCUT2D eigenvalue weighted by atomic mass is 35.5. The van der Waals surface area contributed by atoms with Crippen LogP contribution in [-0.2, 0) is 21.9 Å². The first-order valence-corrected chi connectivity index (χ1v) is 10.5. The summed E-state index contributed by atoms with van der Waals surface area (Å²) >= 11 is 6.33. The summed E-state index contributed by atoms with van der Waals surface area (Å²) < 4.78 is 85.8. The Labute approximate surface area is 166 Å². The van der Waals surface area contributed by atoms with Crippen LogP contribution in [0.4, 0.5) is 17.6 Å². The predicted molar refractivity (Wildman–Crippen MR) is 98.5 cm³/mol. The van der Waals surface area contributed by atoms with Crippen LogP contribution in [0.1, 0.15) is 41.5 Å². The number of halogens is 5. The first-order chi connectivity index (χ1) is 13.0. The van der Waals surface area contributed by atoms with Crippen molar-refractivity contribution in [2.24, 2.45) is 0 Å². The predicted octanol–water partition coefficient (Wildman–Crippen LogP) is 5.24. The normalized spacial score (nSPS) is 20.4. The van der Waals surface area contributed by atoms with E-state index in [-0.39, 0.29) is 29.1 Å². The van der Waals surface area contributed by atoms with Gasteiger partial charge in [0.2, 0.25) is 10.0 Å². The molecule has 1 unspecified atom stereocenters. The summed E-state index contributed by atoms with van der Waals surface area (Å²) in [6.45, 7) is 3.63. The Morgan fingerprint density at radius 3 is 2.04 bits per heavy atom. The van der Waals surface area contributed by atoms with Gasteiger partial charge in [-0.25, -0.2) is 8.42 Å². The van der Waals surface area contributed by atoms with Crippen molar-refractivity contribution in [2.75, 3.05) is 13.1 Å². The van der Waals surface area contributed by atoms with E-state index in [1.165, 1.54) is 18.2 Å². The lowest BCUT2D eigenvalue weighted by Crippen LogP contribution is -2.35. The third kappa shape index (κ3) is 2.93. The largest absolute Gasteiger partial charge is 0.340 e. The Balaban J connectivity index is 2.30. The number of nitrogens with zero attached hydrogens (tertiary/aromatic N) is 1. The second-order valence-electron chi connectivity index (χ2n) is 6.44. The number of sulfonamides is 1. The first-order valence-electron chi connectivity index (χ1n) is 8.63. The Morgan fingerprint density at radius 2 is 1.46 bits per heavy atom. The Bertz CT molecular complexity index is 1010. The van der Waals surface area contributed by atoms with Crippen molar-refractivity contribution in [1.82, 2.24) is 4.31 Å². The van der Waals surface area contributed by atoms with Gasteiger partial charge in [-0.15, -0.1) is 11.6 Å². The molecule has 0 fully saturated rings. The lowest BCUT2D eigenvalue weighted by Gasteiger charge is -2.27. The molecule has 2 aromatic rings. The van der Waals surface area contributed by atoms with Gasteiger partial charge in [-0.3, -0.25) is 0 Å². The molecular formula is C19H18ClF4NO2S. The maximum Gasteiger partial charge on any atom is 0.340 e. The molecule has 1 aliphatic carbocycles. The first kappa shape index (κ1) is 21.1. The molecule has 28 heavy (non-hydrogen) atoms. The van der Waals surface area contributed by atoms with E-state index < -0.39 is 38.4 Å². The molecule has 0 N–H and O–H groups in total. The molecule has 0 saturated heterocycles. The topological polar surface area (TPSA) is 37.4 Å². The van der Waals surface area contributed by atoms with Gasteiger partial charge in [0.1, 0.15) is 0 Å². The van der Waals surface area contributed by atoms with E-state index in [1.807, 2.05) is 0 Å². The van der Waals surface area contributed by atoms with Gasteiger partial charge >= 0.3 is 11.8 Å². The maximum absolute atomic E-state index is 14.8. The summed E-state index contributed by atoms with van der Waals surface area (Å²) in [5.41, 5.74) is -2.37. The van der Waals surface area contributed by atoms with Crippen LogP contribution >= 0.6 is 11.6 Å². The summed E-state index contributed by atoms with van der Waals surface area (Å²) in [4.78, 5) is -0.265. The van der Waals surface area contributed by atoms with Gasteiger partial charge in [-0.1, -0.05) is 44.2 Å². The quantitative estimate of drug-likeness (QED) is 0.486. The third-order valence-corrected chi connectivity index (χ3v) is 7.46. The lowest BCUT2D eigenvalue weighted by atomic mass is 9.96. The number of hydrogen-bond acceptors (Lipinski definition) is 2. The monoisotopic (exact) mass is 435 g/mol. The molecule has 3 rings (SSSR count). The van der Waals surface area contributed by atoms with Crippen LogP contribution in [0.3, 0.4) is 0 Å². The van der Waals surface area contributed by atoms with Crippen LogP contribution < -0.4 is 0 Å². The van der Waals surface area contributed by atoms with Crippen LogP contribution in [0.25, 0.3) is 0 Å². The highest BCUT2D eigenvalue weighted by Crippen LogP contribution is 2.56. The summed E-state index contributed by atoms with van der Waals surface area (Å²) in [5, 5.41) is -1.35. The van der Waals surface area contributed by atoms with Gasteiger partial charge in [0.25, 0.3) is 0 Å². The third-order valence-electron chi connectivity index (χ3n) is 4.94. The zero-order chi connectivity index (χ0) is 20.9. The van der Waals surface area contributed by atoms with Crippen molar-refractivity contribution >= 4 is 21.6 Å². The second-order valence-corrected chi connectivity index (χ2v) is 8.81. The minimum atomic E-state index is -4.56. The fourth-order valence-corrected chi connectivity index (χ4v) is 5.28. The number of hydrogen-bond donors (Lipinski definition) is 0. The molecule has 152 valence electrons. The fourth-order valence-electron chi connectivity index (χ4n) is 3.42. The van der Waals surface area contributed by atoms with Crippen LogP contribution in [-0.4, -0.2) is 25.8 Å². The Hall–Kier alpha value is -1.64. The van der Waals surface area contributed by atoms with Gasteiger partial charge in [-0.05, 0) is 23.3 Å². The molecule has 2 aromatic carbocycles. The standard InChI is InChI=1S/C19H18ClF4NO2S/c1-3-25(4-2)28(26,27)12-9-10-16-14(11-12)17(20)13-7-5-6-8-15(13)18(21,22)19(16,23)24/h5-11,17H,3-4H2,1-2H3. The van der Waals surface area contributed by atoms with Crippen molar-refractivity contribution in [3.63, 3.8) is 0 Å². The molecule has 3 nitrogen and oxygen atoms in total. The number of rotatable bonds is 4. The number of benzene rings is 2. The van der Waals surface area contributed by atoms with Gasteiger partial charge in [0, 0.05) is 24.2 Å². The van der Waals surface area contributed by atoms with Crippen LogP contribution in [0.2, 0.25) is 0 Å². The average Bonchev–Trinajstić information content (AvgIpc) is 2.71. The molecule has 0 aliphatic heterocycles. The van der Waals surface area contributed by atoms with Crippen LogP contribution in [0.15, 0.2) is 47.4 Å². The SMILES string of the molecule is CCN(CC)S(=O)(=O)c1ccc2c(c1)C(Cl)c1ccccc1C(F)(F)C2(F)F. The fraction of sp³-hybridized carbons (Fsp3) is 0.368. The molecule has 0 saturated carbocycles. The molecule has 0 aromatic heterocycles. The van der Waals surface area contributed by atoms with Crippen LogP contribution in [0, 0.1) is 0 Å². The van der Waals surface area contributed by atoms with E-state index in [0.717, 1.165) is 28.6 Å². The van der Waals surface area contributed by atoms with Crippen molar-refractivity contribution < 1.29 is 26.0 Å². The highest BCUT2D eigenvalue weighted by Gasteiger charge is 2.62. The van der Waals surface area contributed by atoms with Gasteiger partial charge in [0.15, 0.2) is 0 Å². The summed E-state index contributed by atoms with van der Waals surface area (Å²) in [6.07, 6.45) is 0. The molecule has 0 radical (unpaired) electrons. The Kier molecular flexibility index (Phi) is 5.27. The number of fused-ring (bicyclic) bond motifs is 2. The van der Waals surface area contributed by atoms with E-state index >= 15 is 0 Å². The van der Waals surface area contributed by atoms with Crippen molar-refractivity contribution in [3.05, 3.63) is 64.7 Å². The minimum absolute atomic E-state index is 0.176. The van der Waals surface area contributed by atoms with E-state index in [0.29, 0.717) is 0 Å². The van der Waals surface area contributed by atoms with E-state index in [2.05, 4.69) is 0 Å². The Morgan fingerprint density at radius 1 is 0.929 bits per heavy atom. The molecule has 0 spiro atoms. The van der Waals surface area contributed by atoms with E-state index in [1.54, 1.807) is 13.8 Å². The highest BCUT2D eigenvalue weighted by molar-refractivity contribution is 7.89. The molecule has 0 amide bonds. The second kappa shape index (κ2) is 7.00. The molecule has 1 atom stereocenters. The summed E-state index contributed by atoms with van der Waals surface area (Å²) in [7, 11) is -3.97. The zero-order valence-electron chi connectivity index (χ0n) is 15.1. The van der Waals surface area contributed by atoms with Crippen molar-refractivity contribution in [1.29, 1.82) is 0 Å². The average molecular weight is 436 g/mol. The van der Waals surface area contributed by atoms with Crippen molar-refractivity contribution in [2.45, 2.75) is 36.0 Å². The maximum atomic E-state index is 14.8. The molecule has 0 heterocycles. The van der Waals surface area contributed by atoms with Gasteiger partial charge in [-0.2, -0.15) is 21.9 Å². The molecule has 1 aliphatic rings. The molecular weight excluding hydrogens is 418 g/mol. The smallest absolute Gasteiger partial charge is 0.207 e. The van der Waals surface area contributed by atoms with Gasteiger partial charge in [0.05, 0.1) is 10.3 Å². The van der Waals surface area contributed by atoms with Crippen LogP contribution in [0.5, 0.6) is 0 Å². The number of alkyl halides is 5. The van der Waals surface area contributed by atoms with Gasteiger partial charge < -0.3 is 0 Å². The summed E-state index contributed by atoms with van der Waals surface area (Å²) in [6, 6.07) is 7.46. The van der Waals surface area contributed by atoms with E-state index in [4.69, 9.17) is 11.6 Å².